The van der Waals surface area contributed by atoms with Gasteiger partial charge in [0.2, 0.25) is 5.91 Å². The molecule has 24 heavy (non-hydrogen) atoms. The van der Waals surface area contributed by atoms with E-state index in [0.29, 0.717) is 45.6 Å². The molecule has 0 aromatic rings. The fourth-order valence-electron chi connectivity index (χ4n) is 3.67. The van der Waals surface area contributed by atoms with Crippen LogP contribution in [0.25, 0.3) is 0 Å². The Balaban J connectivity index is 1.38. The third-order valence-electron chi connectivity index (χ3n) is 5.25. The van der Waals surface area contributed by atoms with Crippen molar-refractivity contribution in [3.8, 4) is 0 Å². The third-order valence-corrected chi connectivity index (χ3v) is 5.25. The van der Waals surface area contributed by atoms with Gasteiger partial charge in [-0.2, -0.15) is 0 Å². The van der Waals surface area contributed by atoms with Gasteiger partial charge < -0.3 is 24.0 Å². The lowest BCUT2D eigenvalue weighted by Gasteiger charge is -2.37. The Morgan fingerprint density at radius 2 is 2.12 bits per heavy atom. The molecule has 7 nitrogen and oxygen atoms in total. The van der Waals surface area contributed by atoms with E-state index in [2.05, 4.69) is 0 Å². The highest BCUT2D eigenvalue weighted by Gasteiger charge is 2.46. The molecule has 0 N–H and O–H groups in total. The topological polar surface area (TPSA) is 68.3 Å². The molecule has 0 aliphatic carbocycles. The highest BCUT2D eigenvalue weighted by Crippen LogP contribution is 2.33. The number of hydrogen-bond donors (Lipinski definition) is 0. The Morgan fingerprint density at radius 3 is 2.75 bits per heavy atom. The van der Waals surface area contributed by atoms with Crippen LogP contribution in [0.5, 0.6) is 0 Å². The second-order valence-corrected chi connectivity index (χ2v) is 6.95. The van der Waals surface area contributed by atoms with E-state index in [1.807, 2.05) is 11.8 Å². The van der Waals surface area contributed by atoms with Gasteiger partial charge in [0.15, 0.2) is 0 Å². The smallest absolute Gasteiger partial charge is 0.410 e. The van der Waals surface area contributed by atoms with E-state index in [4.69, 9.17) is 14.2 Å². The van der Waals surface area contributed by atoms with Gasteiger partial charge in [-0.15, -0.1) is 0 Å². The van der Waals surface area contributed by atoms with Crippen molar-refractivity contribution in [3.05, 3.63) is 0 Å². The van der Waals surface area contributed by atoms with Crippen LogP contribution in [-0.4, -0.2) is 79.5 Å². The molecule has 3 saturated heterocycles. The zero-order chi connectivity index (χ0) is 17.0. The number of piperidine rings is 1. The molecule has 0 aromatic carbocycles. The van der Waals surface area contributed by atoms with Crippen LogP contribution in [0.2, 0.25) is 0 Å². The number of hydrogen-bond acceptors (Lipinski definition) is 5. The Bertz CT molecular complexity index is 456. The first-order valence-corrected chi connectivity index (χ1v) is 9.07. The number of likely N-dealkylation sites (tertiary alicyclic amines) is 1. The van der Waals surface area contributed by atoms with Crippen LogP contribution < -0.4 is 0 Å². The normalized spacial score (nSPS) is 26.7. The van der Waals surface area contributed by atoms with Gasteiger partial charge in [0.25, 0.3) is 0 Å². The molecule has 136 valence electrons. The van der Waals surface area contributed by atoms with E-state index in [9.17, 15) is 9.59 Å². The van der Waals surface area contributed by atoms with Crippen molar-refractivity contribution in [2.75, 3.05) is 46.0 Å². The number of carbonyl (C=O) groups excluding carboxylic acids is 2. The molecule has 0 radical (unpaired) electrons. The van der Waals surface area contributed by atoms with E-state index < -0.39 is 5.60 Å². The van der Waals surface area contributed by atoms with Crippen molar-refractivity contribution in [1.29, 1.82) is 0 Å². The minimum absolute atomic E-state index is 0.0114. The fraction of sp³-hybridized carbons (Fsp3) is 0.882. The van der Waals surface area contributed by atoms with Crippen LogP contribution in [0.1, 0.15) is 39.0 Å². The number of carbonyl (C=O) groups is 2. The van der Waals surface area contributed by atoms with Crippen molar-refractivity contribution < 1.29 is 23.8 Å². The average Bonchev–Trinajstić information content (AvgIpc) is 2.91. The van der Waals surface area contributed by atoms with Crippen molar-refractivity contribution in [2.24, 2.45) is 0 Å². The predicted octanol–water partition coefficient (Wildman–Crippen LogP) is 1.41. The zero-order valence-corrected chi connectivity index (χ0v) is 14.5. The molecule has 3 fully saturated rings. The summed E-state index contributed by atoms with van der Waals surface area (Å²) in [5.41, 5.74) is -0.402. The zero-order valence-electron chi connectivity index (χ0n) is 14.5. The molecule has 3 aliphatic heterocycles. The second kappa shape index (κ2) is 7.70. The third kappa shape index (κ3) is 4.00. The van der Waals surface area contributed by atoms with Gasteiger partial charge in [-0.3, -0.25) is 4.79 Å². The monoisotopic (exact) mass is 340 g/mol. The first-order chi connectivity index (χ1) is 11.6. The number of nitrogens with zero attached hydrogens (tertiary/aromatic N) is 2. The minimum atomic E-state index is -0.402. The molecule has 0 saturated carbocycles. The molecule has 1 atom stereocenters. The molecule has 7 heteroatoms. The lowest BCUT2D eigenvalue weighted by atomic mass is 9.91. The standard InChI is InChI=1S/C17H28N2O5/c1-2-18-13-17(24-16(18)21)6-8-19(9-7-17)15(20)12-22-11-14-5-3-4-10-23-14/h14H,2-13H2,1H3/t14-/m1/s1. The van der Waals surface area contributed by atoms with Crippen molar-refractivity contribution in [2.45, 2.75) is 50.7 Å². The average molecular weight is 340 g/mol. The molecule has 2 amide bonds. The summed E-state index contributed by atoms with van der Waals surface area (Å²) in [7, 11) is 0. The molecule has 0 unspecified atom stereocenters. The number of likely N-dealkylation sites (N-methyl/N-ethyl adjacent to an activating group) is 1. The van der Waals surface area contributed by atoms with Crippen LogP contribution in [0.4, 0.5) is 4.79 Å². The highest BCUT2D eigenvalue weighted by molar-refractivity contribution is 5.77. The largest absolute Gasteiger partial charge is 0.441 e. The Kier molecular flexibility index (Phi) is 5.61. The summed E-state index contributed by atoms with van der Waals surface area (Å²) in [5.74, 6) is 0.0114. The summed E-state index contributed by atoms with van der Waals surface area (Å²) in [6, 6.07) is 0. The van der Waals surface area contributed by atoms with Gasteiger partial charge in [0, 0.05) is 39.1 Å². The molecule has 1 spiro atoms. The molecular weight excluding hydrogens is 312 g/mol. The van der Waals surface area contributed by atoms with Gasteiger partial charge >= 0.3 is 6.09 Å². The summed E-state index contributed by atoms with van der Waals surface area (Å²) in [6.07, 6.45) is 4.61. The SMILES string of the molecule is CCN1CC2(CCN(C(=O)COC[C@H]3CCCCO3)CC2)OC1=O. The van der Waals surface area contributed by atoms with Crippen molar-refractivity contribution in [1.82, 2.24) is 9.80 Å². The molecule has 3 heterocycles. The number of rotatable bonds is 5. The van der Waals surface area contributed by atoms with Gasteiger partial charge in [-0.1, -0.05) is 0 Å². The van der Waals surface area contributed by atoms with E-state index in [1.165, 1.54) is 6.42 Å². The first-order valence-electron chi connectivity index (χ1n) is 9.07. The molecule has 3 rings (SSSR count). The maximum absolute atomic E-state index is 12.3. The lowest BCUT2D eigenvalue weighted by molar-refractivity contribution is -0.141. The Labute approximate surface area is 143 Å². The molecule has 0 bridgehead atoms. The second-order valence-electron chi connectivity index (χ2n) is 6.95. The minimum Gasteiger partial charge on any atom is -0.441 e. The maximum Gasteiger partial charge on any atom is 0.410 e. The highest BCUT2D eigenvalue weighted by atomic mass is 16.6. The van der Waals surface area contributed by atoms with Gasteiger partial charge in [-0.05, 0) is 26.2 Å². The van der Waals surface area contributed by atoms with E-state index >= 15 is 0 Å². The van der Waals surface area contributed by atoms with Crippen LogP contribution in [0.3, 0.4) is 0 Å². The van der Waals surface area contributed by atoms with E-state index in [-0.39, 0.29) is 24.7 Å². The number of ether oxygens (including phenoxy) is 3. The lowest BCUT2D eigenvalue weighted by Crippen LogP contribution is -2.49. The maximum atomic E-state index is 12.3. The summed E-state index contributed by atoms with van der Waals surface area (Å²) < 4.78 is 16.7. The van der Waals surface area contributed by atoms with Gasteiger partial charge in [0.05, 0.1) is 19.3 Å². The van der Waals surface area contributed by atoms with Crippen LogP contribution in [-0.2, 0) is 19.0 Å². The van der Waals surface area contributed by atoms with Crippen molar-refractivity contribution in [3.63, 3.8) is 0 Å². The fourth-order valence-corrected chi connectivity index (χ4v) is 3.67. The van der Waals surface area contributed by atoms with Gasteiger partial charge in [-0.25, -0.2) is 4.79 Å². The van der Waals surface area contributed by atoms with E-state index in [0.717, 1.165) is 19.4 Å². The van der Waals surface area contributed by atoms with Gasteiger partial charge in [0.1, 0.15) is 12.2 Å². The van der Waals surface area contributed by atoms with Crippen LogP contribution in [0.15, 0.2) is 0 Å². The first kappa shape index (κ1) is 17.5. The Morgan fingerprint density at radius 1 is 1.33 bits per heavy atom. The number of amides is 2. The molecule has 3 aliphatic rings. The summed E-state index contributed by atoms with van der Waals surface area (Å²) in [4.78, 5) is 27.6. The molecular formula is C17H28N2O5. The van der Waals surface area contributed by atoms with Crippen LogP contribution >= 0.6 is 0 Å². The summed E-state index contributed by atoms with van der Waals surface area (Å²) in [6.45, 7) is 5.89. The molecule has 0 aromatic heterocycles. The van der Waals surface area contributed by atoms with Crippen molar-refractivity contribution >= 4 is 12.0 Å². The quantitative estimate of drug-likeness (QED) is 0.757. The van der Waals surface area contributed by atoms with Crippen LogP contribution in [0, 0.1) is 0 Å². The predicted molar refractivity (Wildman–Crippen MR) is 86.7 cm³/mol. The summed E-state index contributed by atoms with van der Waals surface area (Å²) in [5, 5.41) is 0. The Hall–Kier alpha value is -1.34. The summed E-state index contributed by atoms with van der Waals surface area (Å²) >= 11 is 0. The van der Waals surface area contributed by atoms with E-state index in [1.54, 1.807) is 4.90 Å².